The minimum atomic E-state index is -0.300. The topological polar surface area (TPSA) is 76.8 Å². The van der Waals surface area contributed by atoms with Gasteiger partial charge in [-0.05, 0) is 54.5 Å². The van der Waals surface area contributed by atoms with Crippen molar-refractivity contribution in [3.05, 3.63) is 60.2 Å². The van der Waals surface area contributed by atoms with Crippen molar-refractivity contribution < 1.29 is 9.18 Å². The Hall–Kier alpha value is -3.16. The van der Waals surface area contributed by atoms with E-state index in [-0.39, 0.29) is 17.8 Å². The van der Waals surface area contributed by atoms with E-state index < -0.39 is 0 Å². The number of pyridine rings is 1. The summed E-state index contributed by atoms with van der Waals surface area (Å²) in [5.74, 6) is 0.116. The molecule has 26 heavy (non-hydrogen) atoms. The number of carbonyl (C=O) groups is 1. The van der Waals surface area contributed by atoms with Gasteiger partial charge in [-0.3, -0.25) is 9.78 Å². The van der Waals surface area contributed by atoms with Crippen LogP contribution in [0.4, 0.5) is 4.39 Å². The van der Waals surface area contributed by atoms with Gasteiger partial charge in [0.25, 0.3) is 5.91 Å². The number of amides is 1. The van der Waals surface area contributed by atoms with Gasteiger partial charge >= 0.3 is 0 Å². The molecule has 0 atom stereocenters. The fourth-order valence-corrected chi connectivity index (χ4v) is 3.05. The maximum atomic E-state index is 13.0. The first-order valence-electron chi connectivity index (χ1n) is 8.46. The van der Waals surface area contributed by atoms with Gasteiger partial charge in [-0.1, -0.05) is 6.07 Å². The highest BCUT2D eigenvalue weighted by atomic mass is 19.1. The third kappa shape index (κ3) is 3.30. The number of nitrogens with zero attached hydrogens (tertiary/aromatic N) is 6. The van der Waals surface area contributed by atoms with Crippen molar-refractivity contribution in [2.75, 3.05) is 13.1 Å². The van der Waals surface area contributed by atoms with Crippen LogP contribution in [-0.4, -0.2) is 49.1 Å². The number of likely N-dealkylation sites (tertiary alicyclic amines) is 1. The molecule has 0 saturated carbocycles. The average Bonchev–Trinajstić information content (AvgIpc) is 3.19. The number of piperidine rings is 1. The Kier molecular flexibility index (Phi) is 4.39. The standard InChI is InChI=1S/C18H17FN6O/c19-14-6-4-13(5-7-14)17-21-23-25(22-17)15-8-11-24(12-9-15)18(26)16-3-1-2-10-20-16/h1-7,10,15H,8-9,11-12H2. The van der Waals surface area contributed by atoms with Crippen LogP contribution in [0.2, 0.25) is 0 Å². The van der Waals surface area contributed by atoms with E-state index in [0.29, 0.717) is 24.6 Å². The number of benzene rings is 1. The normalized spacial score (nSPS) is 15.2. The van der Waals surface area contributed by atoms with E-state index in [4.69, 9.17) is 0 Å². The predicted molar refractivity (Wildman–Crippen MR) is 91.6 cm³/mol. The lowest BCUT2D eigenvalue weighted by Crippen LogP contribution is -2.39. The van der Waals surface area contributed by atoms with E-state index in [0.717, 1.165) is 18.4 Å². The molecule has 3 heterocycles. The van der Waals surface area contributed by atoms with Gasteiger partial charge < -0.3 is 4.90 Å². The number of rotatable bonds is 3. The van der Waals surface area contributed by atoms with Crippen LogP contribution in [0.5, 0.6) is 0 Å². The highest BCUT2D eigenvalue weighted by molar-refractivity contribution is 5.92. The lowest BCUT2D eigenvalue weighted by molar-refractivity contribution is 0.0677. The Morgan fingerprint density at radius 2 is 1.85 bits per heavy atom. The van der Waals surface area contributed by atoms with Crippen LogP contribution in [0.3, 0.4) is 0 Å². The summed E-state index contributed by atoms with van der Waals surface area (Å²) < 4.78 is 13.0. The van der Waals surface area contributed by atoms with Crippen LogP contribution in [0.15, 0.2) is 48.7 Å². The molecule has 4 rings (SSSR count). The number of halogens is 1. The molecule has 1 aliphatic rings. The number of carbonyl (C=O) groups excluding carboxylic acids is 1. The zero-order chi connectivity index (χ0) is 17.9. The molecule has 0 radical (unpaired) electrons. The van der Waals surface area contributed by atoms with Crippen LogP contribution in [-0.2, 0) is 0 Å². The van der Waals surface area contributed by atoms with Crippen LogP contribution in [0.1, 0.15) is 29.4 Å². The Bertz CT molecular complexity index is 888. The summed E-state index contributed by atoms with van der Waals surface area (Å²) in [6.45, 7) is 1.24. The smallest absolute Gasteiger partial charge is 0.272 e. The summed E-state index contributed by atoms with van der Waals surface area (Å²) in [5.41, 5.74) is 1.18. The van der Waals surface area contributed by atoms with Crippen LogP contribution < -0.4 is 0 Å². The Labute approximate surface area is 149 Å². The van der Waals surface area contributed by atoms with Gasteiger partial charge in [0.2, 0.25) is 5.82 Å². The van der Waals surface area contributed by atoms with Gasteiger partial charge in [-0.15, -0.1) is 10.2 Å². The molecule has 2 aromatic heterocycles. The second kappa shape index (κ2) is 6.99. The fraction of sp³-hybridized carbons (Fsp3) is 0.278. The van der Waals surface area contributed by atoms with Crippen LogP contribution in [0.25, 0.3) is 11.4 Å². The molecule has 1 amide bonds. The summed E-state index contributed by atoms with van der Waals surface area (Å²) in [7, 11) is 0. The minimum Gasteiger partial charge on any atom is -0.337 e. The van der Waals surface area contributed by atoms with E-state index in [1.54, 1.807) is 40.2 Å². The number of aromatic nitrogens is 5. The second-order valence-corrected chi connectivity index (χ2v) is 6.18. The van der Waals surface area contributed by atoms with E-state index in [1.165, 1.54) is 12.1 Å². The van der Waals surface area contributed by atoms with Crippen molar-refractivity contribution >= 4 is 5.91 Å². The molecule has 132 valence electrons. The maximum absolute atomic E-state index is 13.0. The summed E-state index contributed by atoms with van der Waals surface area (Å²) in [6.07, 6.45) is 3.12. The predicted octanol–water partition coefficient (Wildman–Crippen LogP) is 2.35. The largest absolute Gasteiger partial charge is 0.337 e. The quantitative estimate of drug-likeness (QED) is 0.723. The highest BCUT2D eigenvalue weighted by Gasteiger charge is 2.26. The summed E-state index contributed by atoms with van der Waals surface area (Å²) >= 11 is 0. The van der Waals surface area contributed by atoms with Crippen molar-refractivity contribution in [2.24, 2.45) is 0 Å². The van der Waals surface area contributed by atoms with Crippen molar-refractivity contribution in [1.29, 1.82) is 0 Å². The molecule has 1 fully saturated rings. The maximum Gasteiger partial charge on any atom is 0.272 e. The van der Waals surface area contributed by atoms with E-state index >= 15 is 0 Å². The van der Waals surface area contributed by atoms with Gasteiger partial charge in [0, 0.05) is 24.8 Å². The number of hydrogen-bond acceptors (Lipinski definition) is 5. The first-order valence-corrected chi connectivity index (χ1v) is 8.46. The zero-order valence-electron chi connectivity index (χ0n) is 14.0. The molecule has 0 spiro atoms. The van der Waals surface area contributed by atoms with E-state index in [9.17, 15) is 9.18 Å². The SMILES string of the molecule is O=C(c1ccccn1)N1CCC(n2nnc(-c3ccc(F)cc3)n2)CC1. The van der Waals surface area contributed by atoms with Gasteiger partial charge in [0.1, 0.15) is 11.5 Å². The summed E-state index contributed by atoms with van der Waals surface area (Å²) in [5, 5.41) is 12.6. The lowest BCUT2D eigenvalue weighted by atomic mass is 10.1. The third-order valence-electron chi connectivity index (χ3n) is 4.49. The van der Waals surface area contributed by atoms with Gasteiger partial charge in [-0.2, -0.15) is 4.80 Å². The molecular formula is C18H17FN6O. The van der Waals surface area contributed by atoms with E-state index in [1.807, 2.05) is 6.07 Å². The van der Waals surface area contributed by atoms with Gasteiger partial charge in [0.05, 0.1) is 6.04 Å². The van der Waals surface area contributed by atoms with Gasteiger partial charge in [0.15, 0.2) is 0 Å². The van der Waals surface area contributed by atoms with E-state index in [2.05, 4.69) is 20.4 Å². The number of hydrogen-bond donors (Lipinski definition) is 0. The molecule has 1 aliphatic heterocycles. The lowest BCUT2D eigenvalue weighted by Gasteiger charge is -2.30. The minimum absolute atomic E-state index is 0.0531. The molecule has 0 bridgehead atoms. The van der Waals surface area contributed by atoms with Crippen molar-refractivity contribution in [2.45, 2.75) is 18.9 Å². The summed E-state index contributed by atoms with van der Waals surface area (Å²) in [6, 6.07) is 11.4. The van der Waals surface area contributed by atoms with Crippen LogP contribution >= 0.6 is 0 Å². The molecule has 1 aromatic carbocycles. The average molecular weight is 352 g/mol. The van der Waals surface area contributed by atoms with Gasteiger partial charge in [-0.25, -0.2) is 4.39 Å². The summed E-state index contributed by atoms with van der Waals surface area (Å²) in [4.78, 5) is 20.0. The Morgan fingerprint density at radius 1 is 1.08 bits per heavy atom. The molecule has 1 saturated heterocycles. The van der Waals surface area contributed by atoms with Crippen LogP contribution in [0, 0.1) is 5.82 Å². The Balaban J connectivity index is 1.41. The molecule has 3 aromatic rings. The second-order valence-electron chi connectivity index (χ2n) is 6.18. The molecule has 0 aliphatic carbocycles. The first-order chi connectivity index (χ1) is 12.7. The molecule has 0 unspecified atom stereocenters. The fourth-order valence-electron chi connectivity index (χ4n) is 3.05. The van der Waals surface area contributed by atoms with Crippen molar-refractivity contribution in [3.63, 3.8) is 0 Å². The monoisotopic (exact) mass is 352 g/mol. The zero-order valence-corrected chi connectivity index (χ0v) is 14.0. The number of tetrazole rings is 1. The van der Waals surface area contributed by atoms with Crippen molar-refractivity contribution in [1.82, 2.24) is 30.1 Å². The van der Waals surface area contributed by atoms with Crippen molar-refractivity contribution in [3.8, 4) is 11.4 Å². The highest BCUT2D eigenvalue weighted by Crippen LogP contribution is 2.23. The molecular weight excluding hydrogens is 335 g/mol. The first kappa shape index (κ1) is 16.3. The molecule has 0 N–H and O–H groups in total. The molecule has 8 heteroatoms. The third-order valence-corrected chi connectivity index (χ3v) is 4.49. The molecule has 7 nitrogen and oxygen atoms in total. The Morgan fingerprint density at radius 3 is 2.54 bits per heavy atom.